The summed E-state index contributed by atoms with van der Waals surface area (Å²) in [7, 11) is 0. The van der Waals surface area contributed by atoms with Crippen molar-refractivity contribution in [2.75, 3.05) is 0 Å². The molecule has 90 valence electrons. The molecule has 1 aliphatic heterocycles. The molecule has 2 aromatic carbocycles. The van der Waals surface area contributed by atoms with Crippen LogP contribution < -0.4 is 0 Å². The lowest BCUT2D eigenvalue weighted by Gasteiger charge is -1.99. The molecule has 0 saturated carbocycles. The predicted octanol–water partition coefficient (Wildman–Crippen LogP) is 3.23. The molecule has 0 fully saturated rings. The van der Waals surface area contributed by atoms with E-state index in [9.17, 15) is 4.79 Å². The maximum atomic E-state index is 11.7. The van der Waals surface area contributed by atoms with Crippen molar-refractivity contribution >= 4 is 17.8 Å². The summed E-state index contributed by atoms with van der Waals surface area (Å²) in [5, 5.41) is 8.87. The first kappa shape index (κ1) is 11.2. The third-order valence-electron chi connectivity index (χ3n) is 2.93. The monoisotopic (exact) mass is 247 g/mol. The van der Waals surface area contributed by atoms with Crippen LogP contribution in [0.5, 0.6) is 0 Å². The number of benzene rings is 2. The first-order chi connectivity index (χ1) is 9.28. The molecule has 0 bridgehead atoms. The van der Waals surface area contributed by atoms with Crippen molar-refractivity contribution in [3.63, 3.8) is 0 Å². The average Bonchev–Trinajstić information content (AvgIpc) is 2.76. The van der Waals surface area contributed by atoms with E-state index in [1.54, 1.807) is 36.4 Å². The topological polar surface area (TPSA) is 50.1 Å². The molecule has 3 nitrogen and oxygen atoms in total. The van der Waals surface area contributed by atoms with Crippen LogP contribution in [0.3, 0.4) is 0 Å². The molecule has 0 radical (unpaired) electrons. The first-order valence-corrected chi connectivity index (χ1v) is 5.81. The smallest absolute Gasteiger partial charge is 0.344 e. The molecule has 0 aliphatic carbocycles. The number of fused-ring (bicyclic) bond motifs is 1. The summed E-state index contributed by atoms with van der Waals surface area (Å²) in [5.41, 5.74) is 2.77. The normalized spacial score (nSPS) is 14.9. The maximum Gasteiger partial charge on any atom is 0.344 e. The summed E-state index contributed by atoms with van der Waals surface area (Å²) in [6, 6.07) is 16.5. The summed E-state index contributed by atoms with van der Waals surface area (Å²) in [6.07, 6.45) is 1.77. The van der Waals surface area contributed by atoms with E-state index in [1.165, 1.54) is 0 Å². The van der Waals surface area contributed by atoms with Crippen LogP contribution in [0.4, 0.5) is 0 Å². The van der Waals surface area contributed by atoms with E-state index in [0.717, 1.165) is 11.1 Å². The molecule has 0 aromatic heterocycles. The molecule has 0 saturated heterocycles. The highest BCUT2D eigenvalue weighted by molar-refractivity contribution is 6.05. The summed E-state index contributed by atoms with van der Waals surface area (Å²) < 4.78 is 5.25. The third-order valence-corrected chi connectivity index (χ3v) is 2.93. The van der Waals surface area contributed by atoms with Gasteiger partial charge in [0.15, 0.2) is 0 Å². The van der Waals surface area contributed by atoms with Crippen LogP contribution >= 0.6 is 0 Å². The van der Waals surface area contributed by atoms with Crippen LogP contribution in [0.25, 0.3) is 11.8 Å². The molecule has 3 heteroatoms. The molecule has 0 atom stereocenters. The van der Waals surface area contributed by atoms with Gasteiger partial charge in [0.2, 0.25) is 0 Å². The second-order valence-electron chi connectivity index (χ2n) is 4.18. The Morgan fingerprint density at radius 1 is 1.05 bits per heavy atom. The van der Waals surface area contributed by atoms with E-state index >= 15 is 0 Å². The Bertz CT molecular complexity index is 738. The zero-order valence-corrected chi connectivity index (χ0v) is 9.96. The zero-order chi connectivity index (χ0) is 13.2. The Hall–Kier alpha value is -2.86. The highest BCUT2D eigenvalue weighted by Gasteiger charge is 2.25. The van der Waals surface area contributed by atoms with Crippen LogP contribution in [0, 0.1) is 11.3 Å². The largest absolute Gasteiger partial charge is 0.422 e. The van der Waals surface area contributed by atoms with E-state index in [2.05, 4.69) is 6.07 Å². The second kappa shape index (κ2) is 4.43. The van der Waals surface area contributed by atoms with Crippen LogP contribution in [0.1, 0.15) is 27.0 Å². The Balaban J connectivity index is 2.06. The molecule has 1 aliphatic rings. The fourth-order valence-electron chi connectivity index (χ4n) is 2.04. The van der Waals surface area contributed by atoms with E-state index < -0.39 is 0 Å². The fraction of sp³-hybridized carbons (Fsp3) is 0. The molecule has 0 amide bonds. The van der Waals surface area contributed by atoms with E-state index in [4.69, 9.17) is 10.00 Å². The third kappa shape index (κ3) is 2.00. The summed E-state index contributed by atoms with van der Waals surface area (Å²) in [6.45, 7) is 0. The number of rotatable bonds is 1. The van der Waals surface area contributed by atoms with Crippen molar-refractivity contribution in [1.82, 2.24) is 0 Å². The highest BCUT2D eigenvalue weighted by atomic mass is 16.5. The lowest BCUT2D eigenvalue weighted by Crippen LogP contribution is -1.92. The fourth-order valence-corrected chi connectivity index (χ4v) is 2.04. The quantitative estimate of drug-likeness (QED) is 0.727. The number of hydrogen-bond acceptors (Lipinski definition) is 3. The Kier molecular flexibility index (Phi) is 2.62. The Morgan fingerprint density at radius 2 is 1.84 bits per heavy atom. The number of ether oxygens (including phenoxy) is 1. The molecule has 19 heavy (non-hydrogen) atoms. The van der Waals surface area contributed by atoms with Gasteiger partial charge in [0, 0.05) is 5.56 Å². The van der Waals surface area contributed by atoms with Crippen LogP contribution in [-0.2, 0) is 4.74 Å². The Morgan fingerprint density at radius 3 is 2.63 bits per heavy atom. The van der Waals surface area contributed by atoms with Gasteiger partial charge < -0.3 is 4.74 Å². The molecule has 1 heterocycles. The van der Waals surface area contributed by atoms with Gasteiger partial charge in [-0.2, -0.15) is 5.26 Å². The second-order valence-corrected chi connectivity index (χ2v) is 4.18. The molecule has 0 spiro atoms. The van der Waals surface area contributed by atoms with E-state index in [0.29, 0.717) is 16.9 Å². The minimum Gasteiger partial charge on any atom is -0.422 e. The van der Waals surface area contributed by atoms with E-state index in [-0.39, 0.29) is 5.97 Å². The number of nitriles is 1. The highest BCUT2D eigenvalue weighted by Crippen LogP contribution is 2.30. The molecule has 3 rings (SSSR count). The Labute approximate surface area is 110 Å². The van der Waals surface area contributed by atoms with Gasteiger partial charge in [-0.05, 0) is 29.8 Å². The molecule has 0 unspecified atom stereocenters. The van der Waals surface area contributed by atoms with Crippen molar-refractivity contribution < 1.29 is 9.53 Å². The molecule has 0 N–H and O–H groups in total. The van der Waals surface area contributed by atoms with Gasteiger partial charge in [-0.3, -0.25) is 0 Å². The van der Waals surface area contributed by atoms with Crippen molar-refractivity contribution in [3.05, 3.63) is 70.8 Å². The minimum absolute atomic E-state index is 0.335. The summed E-state index contributed by atoms with van der Waals surface area (Å²) in [4.78, 5) is 11.7. The van der Waals surface area contributed by atoms with Crippen molar-refractivity contribution in [1.29, 1.82) is 5.26 Å². The van der Waals surface area contributed by atoms with Gasteiger partial charge in [0.25, 0.3) is 0 Å². The predicted molar refractivity (Wildman–Crippen MR) is 70.9 cm³/mol. The van der Waals surface area contributed by atoms with Crippen LogP contribution in [0.15, 0.2) is 48.5 Å². The minimum atomic E-state index is -0.335. The number of cyclic esters (lactones) is 1. The van der Waals surface area contributed by atoms with Gasteiger partial charge in [0.1, 0.15) is 5.76 Å². The first-order valence-electron chi connectivity index (χ1n) is 5.81. The van der Waals surface area contributed by atoms with Gasteiger partial charge in [-0.25, -0.2) is 4.79 Å². The van der Waals surface area contributed by atoms with Gasteiger partial charge in [0.05, 0.1) is 17.2 Å². The van der Waals surface area contributed by atoms with Gasteiger partial charge in [-0.15, -0.1) is 0 Å². The van der Waals surface area contributed by atoms with Crippen molar-refractivity contribution in [2.24, 2.45) is 0 Å². The van der Waals surface area contributed by atoms with Gasteiger partial charge >= 0.3 is 5.97 Å². The number of esters is 1. The maximum absolute atomic E-state index is 11.7. The summed E-state index contributed by atoms with van der Waals surface area (Å²) in [5.74, 6) is 0.189. The molecular weight excluding hydrogens is 238 g/mol. The lowest BCUT2D eigenvalue weighted by atomic mass is 10.1. The molecular formula is C16H9NO2. The number of carbonyl (C=O) groups excluding carboxylic acids is 1. The lowest BCUT2D eigenvalue weighted by molar-refractivity contribution is 0.0717. The van der Waals surface area contributed by atoms with Gasteiger partial charge in [-0.1, -0.05) is 30.3 Å². The number of hydrogen-bond donors (Lipinski definition) is 0. The average molecular weight is 247 g/mol. The molecule has 2 aromatic rings. The van der Waals surface area contributed by atoms with E-state index in [1.807, 2.05) is 18.2 Å². The van der Waals surface area contributed by atoms with Crippen LogP contribution in [-0.4, -0.2) is 5.97 Å². The van der Waals surface area contributed by atoms with Crippen molar-refractivity contribution in [3.8, 4) is 6.07 Å². The zero-order valence-electron chi connectivity index (χ0n) is 9.96. The number of carbonyl (C=O) groups is 1. The standard InChI is InChI=1S/C16H9NO2/c17-10-12-5-3-4-11(8-12)9-15-13-6-1-2-7-14(13)16(18)19-15/h1-9H/b15-9+. The van der Waals surface area contributed by atoms with Crippen LogP contribution in [0.2, 0.25) is 0 Å². The number of nitrogens with zero attached hydrogens (tertiary/aromatic N) is 1. The van der Waals surface area contributed by atoms with Crippen molar-refractivity contribution in [2.45, 2.75) is 0 Å². The SMILES string of the molecule is N#Cc1cccc(/C=C2/OC(=O)c3ccccc32)c1. The summed E-state index contributed by atoms with van der Waals surface area (Å²) >= 11 is 0.